The molecule has 0 saturated carbocycles. The first-order valence-corrected chi connectivity index (χ1v) is 12.3. The third kappa shape index (κ3) is 4.78. The number of nitrogen functional groups attached to an aromatic ring is 1. The van der Waals surface area contributed by atoms with Gasteiger partial charge >= 0.3 is 11.7 Å². The average Bonchev–Trinajstić information content (AvgIpc) is 3.01. The molecule has 3 rings (SSSR count). The molecule has 2 aromatic heterocycles. The van der Waals surface area contributed by atoms with Gasteiger partial charge in [0.1, 0.15) is 5.52 Å². The second-order valence-electron chi connectivity index (χ2n) is 7.14. The summed E-state index contributed by atoms with van der Waals surface area (Å²) in [5.74, 6) is -0.650. The fraction of sp³-hybridized carbons (Fsp3) is 0.368. The molecule has 13 heteroatoms. The largest absolute Gasteiger partial charge is 0.382 e. The highest BCUT2D eigenvalue weighted by Crippen LogP contribution is 2.22. The topological polar surface area (TPSA) is 145 Å². The molecule has 32 heavy (non-hydrogen) atoms. The molecule has 0 spiro atoms. The second-order valence-corrected chi connectivity index (χ2v) is 10.1. The Labute approximate surface area is 193 Å². The van der Waals surface area contributed by atoms with Gasteiger partial charge in [-0.3, -0.25) is 9.29 Å². The summed E-state index contributed by atoms with van der Waals surface area (Å²) in [4.78, 5) is 36.0. The number of benzene rings is 1. The molecule has 0 aliphatic carbocycles. The zero-order chi connectivity index (χ0) is 23.6. The number of amides is 1. The highest BCUT2D eigenvalue weighted by Gasteiger charge is 2.26. The van der Waals surface area contributed by atoms with Crippen LogP contribution in [0.4, 0.5) is 16.6 Å². The molecule has 11 nitrogen and oxygen atoms in total. The van der Waals surface area contributed by atoms with Crippen molar-refractivity contribution in [3.05, 3.63) is 44.8 Å². The van der Waals surface area contributed by atoms with Crippen molar-refractivity contribution in [1.82, 2.24) is 24.0 Å². The van der Waals surface area contributed by atoms with Gasteiger partial charge in [0.15, 0.2) is 11.5 Å². The van der Waals surface area contributed by atoms with Gasteiger partial charge in [0.05, 0.1) is 12.3 Å². The molecule has 2 heterocycles. The number of nitrogens with zero attached hydrogens (tertiary/aromatic N) is 5. The van der Waals surface area contributed by atoms with E-state index in [1.54, 1.807) is 7.05 Å². The van der Waals surface area contributed by atoms with Gasteiger partial charge in [-0.25, -0.2) is 22.6 Å². The van der Waals surface area contributed by atoms with E-state index < -0.39 is 21.7 Å². The van der Waals surface area contributed by atoms with Crippen LogP contribution in [-0.4, -0.2) is 57.8 Å². The van der Waals surface area contributed by atoms with E-state index in [1.165, 1.54) is 16.4 Å². The minimum Gasteiger partial charge on any atom is -0.382 e. The van der Waals surface area contributed by atoms with E-state index in [4.69, 9.17) is 5.73 Å². The molecule has 3 N–H and O–H groups in total. The standard InChI is InChI=1S/C19H24BrN7O4S/c1-4-10-25(3)18(28)27-14-15(21)22-17(24-32(30,31)5-2)23-16(14)26(19(27)29)11-12-6-8-13(20)9-7-12/h6-9H,4-5,10-11H2,1-3H3,(H3,21,22,23,24). The van der Waals surface area contributed by atoms with Crippen LogP contribution in [0.15, 0.2) is 33.5 Å². The van der Waals surface area contributed by atoms with Gasteiger partial charge in [0.25, 0.3) is 0 Å². The van der Waals surface area contributed by atoms with Gasteiger partial charge in [-0.1, -0.05) is 35.0 Å². The molecule has 1 amide bonds. The quantitative estimate of drug-likeness (QED) is 0.479. The number of carbonyl (C=O) groups is 1. The van der Waals surface area contributed by atoms with Crippen LogP contribution in [0.1, 0.15) is 25.8 Å². The molecule has 1 aromatic carbocycles. The van der Waals surface area contributed by atoms with Crippen molar-refractivity contribution in [2.45, 2.75) is 26.8 Å². The Bertz CT molecular complexity index is 1320. The molecule has 0 saturated heterocycles. The lowest BCUT2D eigenvalue weighted by atomic mass is 10.2. The summed E-state index contributed by atoms with van der Waals surface area (Å²) in [5, 5.41) is 0. The van der Waals surface area contributed by atoms with E-state index in [0.29, 0.717) is 13.0 Å². The van der Waals surface area contributed by atoms with E-state index >= 15 is 0 Å². The summed E-state index contributed by atoms with van der Waals surface area (Å²) < 4.78 is 29.3. The molecule has 0 unspecified atom stereocenters. The number of carbonyl (C=O) groups excluding carboxylic acids is 1. The van der Waals surface area contributed by atoms with Crippen LogP contribution in [0.5, 0.6) is 0 Å². The van der Waals surface area contributed by atoms with Crippen LogP contribution in [0.2, 0.25) is 0 Å². The normalized spacial score (nSPS) is 11.6. The Morgan fingerprint density at radius 3 is 2.47 bits per heavy atom. The summed E-state index contributed by atoms with van der Waals surface area (Å²) in [6.45, 7) is 3.90. The smallest absolute Gasteiger partial charge is 0.339 e. The number of imidazole rings is 1. The average molecular weight is 526 g/mol. The first-order valence-electron chi connectivity index (χ1n) is 9.87. The van der Waals surface area contributed by atoms with Crippen LogP contribution in [0.3, 0.4) is 0 Å². The first kappa shape index (κ1) is 23.7. The van der Waals surface area contributed by atoms with E-state index in [0.717, 1.165) is 14.6 Å². The van der Waals surface area contributed by atoms with E-state index in [1.807, 2.05) is 31.2 Å². The fourth-order valence-corrected chi connectivity index (χ4v) is 3.90. The lowest BCUT2D eigenvalue weighted by Gasteiger charge is -2.16. The van der Waals surface area contributed by atoms with E-state index in [2.05, 4.69) is 30.6 Å². The van der Waals surface area contributed by atoms with Crippen molar-refractivity contribution >= 4 is 54.9 Å². The van der Waals surface area contributed by atoms with Crippen molar-refractivity contribution in [2.75, 3.05) is 29.8 Å². The Kier molecular flexibility index (Phi) is 6.88. The zero-order valence-corrected chi connectivity index (χ0v) is 20.3. The van der Waals surface area contributed by atoms with Gasteiger partial charge in [-0.15, -0.1) is 0 Å². The van der Waals surface area contributed by atoms with Crippen molar-refractivity contribution < 1.29 is 13.2 Å². The number of anilines is 2. The Morgan fingerprint density at radius 1 is 1.22 bits per heavy atom. The molecule has 0 atom stereocenters. The monoisotopic (exact) mass is 525 g/mol. The number of halogens is 1. The molecule has 172 valence electrons. The molecule has 0 bridgehead atoms. The molecule has 0 aliphatic heterocycles. The minimum atomic E-state index is -3.68. The number of hydrogen-bond acceptors (Lipinski definition) is 7. The third-order valence-corrected chi connectivity index (χ3v) is 6.53. The SMILES string of the molecule is CCCN(C)C(=O)n1c(=O)n(Cc2ccc(Br)cc2)c2nc(NS(=O)(=O)CC)nc(N)c21. The Hall–Kier alpha value is -2.93. The van der Waals surface area contributed by atoms with Crippen molar-refractivity contribution in [3.63, 3.8) is 0 Å². The summed E-state index contributed by atoms with van der Waals surface area (Å²) in [7, 11) is -2.10. The molecule has 0 radical (unpaired) electrons. The Morgan fingerprint density at radius 2 is 1.88 bits per heavy atom. The van der Waals surface area contributed by atoms with Crippen molar-refractivity contribution in [2.24, 2.45) is 0 Å². The number of sulfonamides is 1. The number of rotatable bonds is 7. The predicted molar refractivity (Wildman–Crippen MR) is 126 cm³/mol. The van der Waals surface area contributed by atoms with Gasteiger partial charge < -0.3 is 10.6 Å². The van der Waals surface area contributed by atoms with Crippen LogP contribution in [0, 0.1) is 0 Å². The number of nitrogens with two attached hydrogens (primary N) is 1. The maximum absolute atomic E-state index is 13.3. The Balaban J connectivity index is 2.25. The fourth-order valence-electron chi connectivity index (χ4n) is 3.12. The van der Waals surface area contributed by atoms with Gasteiger partial charge in [-0.05, 0) is 31.0 Å². The number of hydrogen-bond donors (Lipinski definition) is 2. The highest BCUT2D eigenvalue weighted by atomic mass is 79.9. The van der Waals surface area contributed by atoms with Crippen LogP contribution >= 0.6 is 15.9 Å². The summed E-state index contributed by atoms with van der Waals surface area (Å²) in [5.41, 5.74) is 6.30. The van der Waals surface area contributed by atoms with E-state index in [-0.39, 0.29) is 35.2 Å². The number of nitrogens with one attached hydrogen (secondary N) is 1. The summed E-state index contributed by atoms with van der Waals surface area (Å²) >= 11 is 3.37. The molecule has 0 aliphatic rings. The lowest BCUT2D eigenvalue weighted by Crippen LogP contribution is -2.38. The zero-order valence-electron chi connectivity index (χ0n) is 17.9. The van der Waals surface area contributed by atoms with E-state index in [9.17, 15) is 18.0 Å². The van der Waals surface area contributed by atoms with Crippen LogP contribution < -0.4 is 16.1 Å². The summed E-state index contributed by atoms with van der Waals surface area (Å²) in [6.07, 6.45) is 0.698. The minimum absolute atomic E-state index is 0.0273. The van der Waals surface area contributed by atoms with Gasteiger partial charge in [0.2, 0.25) is 16.0 Å². The van der Waals surface area contributed by atoms with Crippen molar-refractivity contribution in [3.8, 4) is 0 Å². The second kappa shape index (κ2) is 9.28. The predicted octanol–water partition coefficient (Wildman–Crippen LogP) is 2.06. The van der Waals surface area contributed by atoms with Crippen LogP contribution in [-0.2, 0) is 16.6 Å². The van der Waals surface area contributed by atoms with Gasteiger partial charge in [-0.2, -0.15) is 9.97 Å². The number of fused-ring (bicyclic) bond motifs is 1. The number of aromatic nitrogens is 4. The van der Waals surface area contributed by atoms with Gasteiger partial charge in [0, 0.05) is 18.1 Å². The highest BCUT2D eigenvalue weighted by molar-refractivity contribution is 9.10. The third-order valence-electron chi connectivity index (χ3n) is 4.75. The molecule has 3 aromatic rings. The first-order chi connectivity index (χ1) is 15.1. The van der Waals surface area contributed by atoms with Crippen LogP contribution in [0.25, 0.3) is 11.2 Å². The molecule has 0 fully saturated rings. The maximum Gasteiger partial charge on any atom is 0.339 e. The lowest BCUT2D eigenvalue weighted by molar-refractivity contribution is 0.210. The maximum atomic E-state index is 13.3. The van der Waals surface area contributed by atoms with Crippen molar-refractivity contribution in [1.29, 1.82) is 0 Å². The molecular weight excluding hydrogens is 502 g/mol. The summed E-state index contributed by atoms with van der Waals surface area (Å²) in [6, 6.07) is 6.70. The molecular formula is C19H24BrN7O4S.